The number of carbonyl (C=O) groups excluding carboxylic acids is 1. The largest absolute Gasteiger partial charge is 0.370 e. The van der Waals surface area contributed by atoms with Crippen LogP contribution in [0.3, 0.4) is 0 Å². The van der Waals surface area contributed by atoms with E-state index in [1.54, 1.807) is 0 Å². The van der Waals surface area contributed by atoms with Gasteiger partial charge < -0.3 is 10.3 Å². The molecule has 3 aromatic carbocycles. The summed E-state index contributed by atoms with van der Waals surface area (Å²) >= 11 is 0. The number of nitrogens with two attached hydrogens (primary N) is 1. The molecule has 0 radical (unpaired) electrons. The van der Waals surface area contributed by atoms with Crippen molar-refractivity contribution in [3.63, 3.8) is 0 Å². The Bertz CT molecular complexity index is 1130. The molecule has 0 unspecified atom stereocenters. The van der Waals surface area contributed by atoms with Crippen molar-refractivity contribution in [2.75, 3.05) is 0 Å². The van der Waals surface area contributed by atoms with E-state index < -0.39 is 0 Å². The number of aryl methyl sites for hydroxylation is 2. The quantitative estimate of drug-likeness (QED) is 0.415. The first-order valence-corrected chi connectivity index (χ1v) is 10.6. The molecule has 4 aromatic rings. The Morgan fingerprint density at radius 2 is 1.60 bits per heavy atom. The van der Waals surface area contributed by atoms with Crippen LogP contribution < -0.4 is 5.73 Å². The molecule has 1 amide bonds. The monoisotopic (exact) mass is 396 g/mol. The molecule has 1 atom stereocenters. The number of amides is 1. The number of aromatic nitrogens is 1. The minimum absolute atomic E-state index is 0.104. The van der Waals surface area contributed by atoms with E-state index in [1.165, 1.54) is 33.2 Å². The molecule has 0 aliphatic heterocycles. The molecule has 3 heteroatoms. The molecular weight excluding hydrogens is 368 g/mol. The van der Waals surface area contributed by atoms with Gasteiger partial charge in [0, 0.05) is 30.1 Å². The number of fused-ring (bicyclic) bond motifs is 1. The lowest BCUT2D eigenvalue weighted by molar-refractivity contribution is -0.118. The fourth-order valence-corrected chi connectivity index (χ4v) is 4.22. The normalized spacial score (nSPS) is 12.2. The highest BCUT2D eigenvalue weighted by molar-refractivity contribution is 5.85. The van der Waals surface area contributed by atoms with Gasteiger partial charge in [-0.3, -0.25) is 4.79 Å². The van der Waals surface area contributed by atoms with Crippen molar-refractivity contribution in [1.29, 1.82) is 0 Å². The van der Waals surface area contributed by atoms with Crippen LogP contribution in [-0.2, 0) is 17.8 Å². The average Bonchev–Trinajstić information content (AvgIpc) is 3.12. The summed E-state index contributed by atoms with van der Waals surface area (Å²) in [6.45, 7) is 2.91. The van der Waals surface area contributed by atoms with Gasteiger partial charge in [-0.1, -0.05) is 78.4 Å². The maximum Gasteiger partial charge on any atom is 0.218 e. The molecular formula is C27H28N2O. The van der Waals surface area contributed by atoms with Gasteiger partial charge in [0.25, 0.3) is 0 Å². The molecule has 0 saturated carbocycles. The van der Waals surface area contributed by atoms with Crippen LogP contribution in [0.5, 0.6) is 0 Å². The minimum atomic E-state index is -0.247. The van der Waals surface area contributed by atoms with Gasteiger partial charge in [0.2, 0.25) is 5.91 Å². The second kappa shape index (κ2) is 9.00. The van der Waals surface area contributed by atoms with Crippen molar-refractivity contribution in [3.05, 3.63) is 107 Å². The molecule has 1 heterocycles. The predicted molar refractivity (Wildman–Crippen MR) is 124 cm³/mol. The van der Waals surface area contributed by atoms with Gasteiger partial charge >= 0.3 is 0 Å². The lowest BCUT2D eigenvalue weighted by Gasteiger charge is -2.15. The van der Waals surface area contributed by atoms with Gasteiger partial charge in [-0.15, -0.1) is 0 Å². The topological polar surface area (TPSA) is 48.0 Å². The fourth-order valence-electron chi connectivity index (χ4n) is 4.22. The summed E-state index contributed by atoms with van der Waals surface area (Å²) in [4.78, 5) is 11.9. The van der Waals surface area contributed by atoms with E-state index in [9.17, 15) is 4.79 Å². The summed E-state index contributed by atoms with van der Waals surface area (Å²) in [6.07, 6.45) is 4.41. The van der Waals surface area contributed by atoms with Crippen LogP contribution in [0.1, 0.15) is 41.0 Å². The van der Waals surface area contributed by atoms with Gasteiger partial charge in [-0.2, -0.15) is 0 Å². The first kappa shape index (κ1) is 20.0. The third-order valence-corrected chi connectivity index (χ3v) is 5.80. The minimum Gasteiger partial charge on any atom is -0.370 e. The van der Waals surface area contributed by atoms with Crippen molar-refractivity contribution in [3.8, 4) is 0 Å². The average molecular weight is 397 g/mol. The van der Waals surface area contributed by atoms with Crippen LogP contribution in [-0.4, -0.2) is 10.5 Å². The fraction of sp³-hybridized carbons (Fsp3) is 0.222. The summed E-state index contributed by atoms with van der Waals surface area (Å²) in [5.74, 6) is -0.143. The molecule has 30 heavy (non-hydrogen) atoms. The number of para-hydroxylation sites is 1. The SMILES string of the molecule is Cc1ccc(Cn2cc([C@H](CCc3ccccc3)CC(N)=O)c3ccccc32)cc1. The van der Waals surface area contributed by atoms with Crippen LogP contribution >= 0.6 is 0 Å². The van der Waals surface area contributed by atoms with Gasteiger partial charge in [0.15, 0.2) is 0 Å². The summed E-state index contributed by atoms with van der Waals surface area (Å²) in [5, 5.41) is 1.21. The lowest BCUT2D eigenvalue weighted by atomic mass is 9.89. The smallest absolute Gasteiger partial charge is 0.218 e. The molecule has 0 saturated heterocycles. The first-order valence-electron chi connectivity index (χ1n) is 10.6. The molecule has 2 N–H and O–H groups in total. The Labute approximate surface area is 178 Å². The maximum absolute atomic E-state index is 11.9. The Morgan fingerprint density at radius 3 is 2.33 bits per heavy atom. The number of nitrogens with zero attached hydrogens (tertiary/aromatic N) is 1. The summed E-state index contributed by atoms with van der Waals surface area (Å²) in [6, 6.07) is 27.6. The zero-order chi connectivity index (χ0) is 20.9. The highest BCUT2D eigenvalue weighted by atomic mass is 16.1. The van der Waals surface area contributed by atoms with Crippen LogP contribution in [0, 0.1) is 6.92 Å². The standard InChI is InChI=1S/C27H28N2O/c1-20-11-13-22(14-12-20)18-29-19-25(24-9-5-6-10-26(24)29)23(17-27(28)30)16-15-21-7-3-2-4-8-21/h2-14,19,23H,15-18H2,1H3,(H2,28,30)/t23-/m1/s1. The number of rotatable bonds is 8. The Kier molecular flexibility index (Phi) is 5.99. The summed E-state index contributed by atoms with van der Waals surface area (Å²) in [7, 11) is 0. The molecule has 0 spiro atoms. The Balaban J connectivity index is 1.67. The molecule has 1 aromatic heterocycles. The number of primary amides is 1. The zero-order valence-electron chi connectivity index (χ0n) is 17.4. The Hall–Kier alpha value is -3.33. The van der Waals surface area contributed by atoms with Crippen LogP contribution in [0.25, 0.3) is 10.9 Å². The molecule has 0 aliphatic rings. The molecule has 152 valence electrons. The first-order chi connectivity index (χ1) is 14.6. The number of hydrogen-bond donors (Lipinski definition) is 1. The lowest BCUT2D eigenvalue weighted by Crippen LogP contribution is -2.16. The van der Waals surface area contributed by atoms with Crippen molar-refractivity contribution in [2.24, 2.45) is 5.73 Å². The molecule has 3 nitrogen and oxygen atoms in total. The van der Waals surface area contributed by atoms with E-state index in [0.717, 1.165) is 19.4 Å². The molecule has 0 aliphatic carbocycles. The van der Waals surface area contributed by atoms with Crippen molar-refractivity contribution >= 4 is 16.8 Å². The number of carbonyl (C=O) groups is 1. The van der Waals surface area contributed by atoms with E-state index in [2.05, 4.69) is 90.5 Å². The predicted octanol–water partition coefficient (Wildman–Crippen LogP) is 5.59. The van der Waals surface area contributed by atoms with E-state index in [-0.39, 0.29) is 11.8 Å². The highest BCUT2D eigenvalue weighted by Crippen LogP contribution is 2.33. The second-order valence-corrected chi connectivity index (χ2v) is 8.11. The zero-order valence-corrected chi connectivity index (χ0v) is 17.4. The summed E-state index contributed by atoms with van der Waals surface area (Å²) in [5.41, 5.74) is 11.9. The van der Waals surface area contributed by atoms with Crippen molar-refractivity contribution in [2.45, 2.75) is 38.6 Å². The Morgan fingerprint density at radius 1 is 0.900 bits per heavy atom. The number of hydrogen-bond acceptors (Lipinski definition) is 1. The van der Waals surface area contributed by atoms with E-state index >= 15 is 0 Å². The number of benzene rings is 3. The van der Waals surface area contributed by atoms with Crippen LogP contribution in [0.4, 0.5) is 0 Å². The van der Waals surface area contributed by atoms with Gasteiger partial charge in [0.05, 0.1) is 0 Å². The van der Waals surface area contributed by atoms with E-state index in [0.29, 0.717) is 6.42 Å². The molecule has 4 rings (SSSR count). The van der Waals surface area contributed by atoms with Crippen LogP contribution in [0.2, 0.25) is 0 Å². The van der Waals surface area contributed by atoms with Crippen LogP contribution in [0.15, 0.2) is 85.1 Å². The maximum atomic E-state index is 11.9. The van der Waals surface area contributed by atoms with Crippen molar-refractivity contribution < 1.29 is 4.79 Å². The summed E-state index contributed by atoms with van der Waals surface area (Å²) < 4.78 is 2.30. The third kappa shape index (κ3) is 4.62. The molecule has 0 fully saturated rings. The van der Waals surface area contributed by atoms with E-state index in [1.807, 2.05) is 6.07 Å². The van der Waals surface area contributed by atoms with E-state index in [4.69, 9.17) is 5.73 Å². The van der Waals surface area contributed by atoms with Crippen molar-refractivity contribution in [1.82, 2.24) is 4.57 Å². The van der Waals surface area contributed by atoms with Gasteiger partial charge in [-0.25, -0.2) is 0 Å². The molecule has 0 bridgehead atoms. The third-order valence-electron chi connectivity index (χ3n) is 5.80. The highest BCUT2D eigenvalue weighted by Gasteiger charge is 2.20. The van der Waals surface area contributed by atoms with Gasteiger partial charge in [0.1, 0.15) is 0 Å². The van der Waals surface area contributed by atoms with Gasteiger partial charge in [-0.05, 0) is 48.4 Å². The second-order valence-electron chi connectivity index (χ2n) is 8.11.